The molecule has 140 valence electrons. The minimum absolute atomic E-state index is 0.369. The molecule has 2 N–H and O–H groups in total. The van der Waals surface area contributed by atoms with Crippen LogP contribution in [-0.4, -0.2) is 29.7 Å². The summed E-state index contributed by atoms with van der Waals surface area (Å²) in [4.78, 5) is 8.56. The van der Waals surface area contributed by atoms with Crippen LogP contribution in [0.15, 0.2) is 58.0 Å². The first-order chi connectivity index (χ1) is 13.1. The van der Waals surface area contributed by atoms with E-state index in [-0.39, 0.29) is 0 Å². The molecule has 0 aliphatic rings. The van der Waals surface area contributed by atoms with Crippen LogP contribution in [0.4, 0.5) is 0 Å². The third-order valence-electron chi connectivity index (χ3n) is 3.80. The van der Waals surface area contributed by atoms with Gasteiger partial charge in [-0.15, -0.1) is 0 Å². The molecule has 1 heterocycles. The van der Waals surface area contributed by atoms with Gasteiger partial charge in [-0.1, -0.05) is 52.6 Å². The Kier molecular flexibility index (Phi) is 6.68. The largest absolute Gasteiger partial charge is 0.356 e. The summed E-state index contributed by atoms with van der Waals surface area (Å²) in [6, 6.07) is 15.1. The van der Waals surface area contributed by atoms with Crippen LogP contribution in [0.2, 0.25) is 10.0 Å². The van der Waals surface area contributed by atoms with Gasteiger partial charge in [0.25, 0.3) is 0 Å². The number of nitrogens with one attached hydrogen (secondary N) is 2. The van der Waals surface area contributed by atoms with Crippen LogP contribution < -0.4 is 10.6 Å². The van der Waals surface area contributed by atoms with E-state index in [0.717, 1.165) is 23.6 Å². The maximum Gasteiger partial charge on any atom is 0.246 e. The van der Waals surface area contributed by atoms with Crippen molar-refractivity contribution in [3.8, 4) is 11.4 Å². The number of hydrogen-bond acceptors (Lipinski definition) is 4. The van der Waals surface area contributed by atoms with E-state index in [0.29, 0.717) is 29.2 Å². The van der Waals surface area contributed by atoms with E-state index in [1.807, 2.05) is 36.4 Å². The third kappa shape index (κ3) is 5.70. The van der Waals surface area contributed by atoms with Crippen molar-refractivity contribution in [1.82, 2.24) is 20.8 Å². The standard InChI is InChI=1S/C19H19Cl2N5O/c1-22-19(23-10-9-13-5-7-15(20)8-6-13)24-12-17-25-18(26-27-17)14-3-2-4-16(21)11-14/h2-8,11H,9-10,12H2,1H3,(H2,22,23,24). The van der Waals surface area contributed by atoms with E-state index < -0.39 is 0 Å². The first kappa shape index (κ1) is 19.2. The Hall–Kier alpha value is -2.57. The molecule has 0 radical (unpaired) electrons. The zero-order chi connectivity index (χ0) is 19.1. The summed E-state index contributed by atoms with van der Waals surface area (Å²) in [5.74, 6) is 1.62. The summed E-state index contributed by atoms with van der Waals surface area (Å²) in [6.45, 7) is 1.10. The van der Waals surface area contributed by atoms with Crippen molar-refractivity contribution in [2.45, 2.75) is 13.0 Å². The van der Waals surface area contributed by atoms with Crippen molar-refractivity contribution in [1.29, 1.82) is 0 Å². The van der Waals surface area contributed by atoms with Crippen molar-refractivity contribution in [3.05, 3.63) is 70.0 Å². The molecule has 2 aromatic carbocycles. The average molecular weight is 404 g/mol. The average Bonchev–Trinajstić information content (AvgIpc) is 3.15. The number of rotatable bonds is 6. The van der Waals surface area contributed by atoms with Gasteiger partial charge in [0, 0.05) is 29.2 Å². The zero-order valence-electron chi connectivity index (χ0n) is 14.7. The van der Waals surface area contributed by atoms with Crippen LogP contribution in [0.25, 0.3) is 11.4 Å². The Morgan fingerprint density at radius 2 is 1.89 bits per heavy atom. The highest BCUT2D eigenvalue weighted by atomic mass is 35.5. The highest BCUT2D eigenvalue weighted by molar-refractivity contribution is 6.31. The van der Waals surface area contributed by atoms with E-state index in [4.69, 9.17) is 27.7 Å². The molecule has 0 unspecified atom stereocenters. The smallest absolute Gasteiger partial charge is 0.246 e. The van der Waals surface area contributed by atoms with Gasteiger partial charge < -0.3 is 15.2 Å². The van der Waals surface area contributed by atoms with Gasteiger partial charge in [0.1, 0.15) is 0 Å². The second kappa shape index (κ2) is 9.39. The predicted octanol–water partition coefficient (Wildman–Crippen LogP) is 3.95. The second-order valence-corrected chi connectivity index (χ2v) is 6.62. The molecule has 0 spiro atoms. The van der Waals surface area contributed by atoms with Crippen molar-refractivity contribution in [2.75, 3.05) is 13.6 Å². The Morgan fingerprint density at radius 1 is 1.07 bits per heavy atom. The van der Waals surface area contributed by atoms with Gasteiger partial charge in [0.2, 0.25) is 11.7 Å². The number of hydrogen-bond donors (Lipinski definition) is 2. The third-order valence-corrected chi connectivity index (χ3v) is 4.29. The zero-order valence-corrected chi connectivity index (χ0v) is 16.3. The molecule has 3 aromatic rings. The van der Waals surface area contributed by atoms with E-state index >= 15 is 0 Å². The number of aliphatic imine (C=N–C) groups is 1. The molecule has 6 nitrogen and oxygen atoms in total. The van der Waals surface area contributed by atoms with Gasteiger partial charge in [-0.2, -0.15) is 4.98 Å². The fourth-order valence-electron chi connectivity index (χ4n) is 2.43. The van der Waals surface area contributed by atoms with Gasteiger partial charge in [0.15, 0.2) is 5.96 Å². The number of halogens is 2. The molecular formula is C19H19Cl2N5O. The molecule has 0 aliphatic carbocycles. The van der Waals surface area contributed by atoms with E-state index in [9.17, 15) is 0 Å². The van der Waals surface area contributed by atoms with Crippen molar-refractivity contribution < 1.29 is 4.52 Å². The Labute approximate surface area is 167 Å². The number of benzene rings is 2. The number of aromatic nitrogens is 2. The Balaban J connectivity index is 1.49. The van der Waals surface area contributed by atoms with Gasteiger partial charge in [-0.3, -0.25) is 4.99 Å². The number of guanidine groups is 1. The lowest BCUT2D eigenvalue weighted by molar-refractivity contribution is 0.375. The molecule has 0 atom stereocenters. The molecule has 0 saturated heterocycles. The second-order valence-electron chi connectivity index (χ2n) is 5.75. The van der Waals surface area contributed by atoms with Gasteiger partial charge in [-0.05, 0) is 36.2 Å². The highest BCUT2D eigenvalue weighted by Crippen LogP contribution is 2.19. The van der Waals surface area contributed by atoms with E-state index in [1.54, 1.807) is 19.2 Å². The molecule has 0 amide bonds. The SMILES string of the molecule is CN=C(NCCc1ccc(Cl)cc1)NCc1nc(-c2cccc(Cl)c2)no1. The molecular weight excluding hydrogens is 385 g/mol. The van der Waals surface area contributed by atoms with Crippen LogP contribution >= 0.6 is 23.2 Å². The maximum atomic E-state index is 5.99. The molecule has 8 heteroatoms. The quantitative estimate of drug-likeness (QED) is 0.481. The lowest BCUT2D eigenvalue weighted by Crippen LogP contribution is -2.37. The summed E-state index contributed by atoms with van der Waals surface area (Å²) < 4.78 is 5.28. The van der Waals surface area contributed by atoms with Gasteiger partial charge in [-0.25, -0.2) is 0 Å². The van der Waals surface area contributed by atoms with Crippen LogP contribution in [0.3, 0.4) is 0 Å². The van der Waals surface area contributed by atoms with E-state index in [1.165, 1.54) is 5.56 Å². The van der Waals surface area contributed by atoms with Gasteiger partial charge >= 0.3 is 0 Å². The summed E-state index contributed by atoms with van der Waals surface area (Å²) in [6.07, 6.45) is 0.858. The lowest BCUT2D eigenvalue weighted by Gasteiger charge is -2.10. The summed E-state index contributed by atoms with van der Waals surface area (Å²) in [5, 5.41) is 11.7. The summed E-state index contributed by atoms with van der Waals surface area (Å²) in [7, 11) is 1.71. The fourth-order valence-corrected chi connectivity index (χ4v) is 2.74. The minimum Gasteiger partial charge on any atom is -0.356 e. The van der Waals surface area contributed by atoms with Crippen LogP contribution in [0.1, 0.15) is 11.5 Å². The topological polar surface area (TPSA) is 75.3 Å². The summed E-state index contributed by atoms with van der Waals surface area (Å²) in [5.41, 5.74) is 2.01. The maximum absolute atomic E-state index is 5.99. The molecule has 27 heavy (non-hydrogen) atoms. The summed E-state index contributed by atoms with van der Waals surface area (Å²) >= 11 is 11.9. The molecule has 1 aromatic heterocycles. The van der Waals surface area contributed by atoms with E-state index in [2.05, 4.69) is 25.8 Å². The lowest BCUT2D eigenvalue weighted by atomic mass is 10.1. The predicted molar refractivity (Wildman–Crippen MR) is 108 cm³/mol. The molecule has 3 rings (SSSR count). The van der Waals surface area contributed by atoms with Gasteiger partial charge in [0.05, 0.1) is 6.54 Å². The van der Waals surface area contributed by atoms with Crippen LogP contribution in [0, 0.1) is 0 Å². The van der Waals surface area contributed by atoms with Crippen molar-refractivity contribution in [2.24, 2.45) is 4.99 Å². The van der Waals surface area contributed by atoms with Crippen molar-refractivity contribution >= 4 is 29.2 Å². The first-order valence-corrected chi connectivity index (χ1v) is 9.17. The molecule has 0 fully saturated rings. The molecule has 0 aliphatic heterocycles. The first-order valence-electron chi connectivity index (χ1n) is 8.41. The molecule has 0 bridgehead atoms. The van der Waals surface area contributed by atoms with Crippen LogP contribution in [-0.2, 0) is 13.0 Å². The number of nitrogens with zero attached hydrogens (tertiary/aromatic N) is 3. The monoisotopic (exact) mass is 403 g/mol. The Bertz CT molecular complexity index is 908. The highest BCUT2D eigenvalue weighted by Gasteiger charge is 2.09. The normalized spacial score (nSPS) is 11.4. The molecule has 0 saturated carbocycles. The van der Waals surface area contributed by atoms with Crippen molar-refractivity contribution in [3.63, 3.8) is 0 Å². The van der Waals surface area contributed by atoms with Crippen LogP contribution in [0.5, 0.6) is 0 Å². The minimum atomic E-state index is 0.369. The Morgan fingerprint density at radius 3 is 2.63 bits per heavy atom. The fraction of sp³-hybridized carbons (Fsp3) is 0.211.